The summed E-state index contributed by atoms with van der Waals surface area (Å²) >= 11 is 0. The zero-order valence-electron chi connectivity index (χ0n) is 16.3. The van der Waals surface area contributed by atoms with Crippen LogP contribution in [-0.2, 0) is 16.6 Å². The third-order valence-electron chi connectivity index (χ3n) is 5.06. The molecule has 0 fully saturated rings. The first-order chi connectivity index (χ1) is 13.9. The minimum Gasteiger partial charge on any atom is -0.506 e. The lowest BCUT2D eigenvalue weighted by Gasteiger charge is -2.17. The van der Waals surface area contributed by atoms with Crippen molar-refractivity contribution < 1.29 is 24.5 Å². The van der Waals surface area contributed by atoms with E-state index in [1.807, 2.05) is 0 Å². The van der Waals surface area contributed by atoms with Crippen molar-refractivity contribution in [2.24, 2.45) is 7.05 Å². The zero-order chi connectivity index (χ0) is 21.1. The Bertz CT molecular complexity index is 1060. The van der Waals surface area contributed by atoms with Crippen LogP contribution in [0.2, 0.25) is 0 Å². The van der Waals surface area contributed by atoms with Gasteiger partial charge in [0.2, 0.25) is 0 Å². The number of rotatable bonds is 5. The lowest BCUT2D eigenvalue weighted by molar-refractivity contribution is -0.143. The highest BCUT2D eigenvalue weighted by atomic mass is 16.5. The Morgan fingerprint density at radius 2 is 2.14 bits per heavy atom. The third kappa shape index (κ3) is 3.86. The molecule has 0 saturated carbocycles. The second-order valence-electron chi connectivity index (χ2n) is 6.89. The first kappa shape index (κ1) is 20.5. The van der Waals surface area contributed by atoms with E-state index >= 15 is 0 Å². The van der Waals surface area contributed by atoms with Crippen LogP contribution in [0.25, 0.3) is 16.6 Å². The number of esters is 1. The smallest absolute Gasteiger partial charge is 0.330 e. The summed E-state index contributed by atoms with van der Waals surface area (Å²) in [6.07, 6.45) is 7.83. The molecule has 0 aromatic carbocycles. The molecule has 9 nitrogen and oxygen atoms in total. The molecule has 1 unspecified atom stereocenters. The van der Waals surface area contributed by atoms with Crippen LogP contribution in [-0.4, -0.2) is 51.4 Å². The highest BCUT2D eigenvalue weighted by molar-refractivity contribution is 6.03. The van der Waals surface area contributed by atoms with Crippen LogP contribution < -0.4 is 10.9 Å². The second kappa shape index (κ2) is 8.44. The lowest BCUT2D eigenvalue weighted by Crippen LogP contribution is -2.45. The fourth-order valence-corrected chi connectivity index (χ4v) is 3.43. The summed E-state index contributed by atoms with van der Waals surface area (Å²) in [7, 11) is 2.55. The molecule has 0 radical (unpaired) electrons. The van der Waals surface area contributed by atoms with E-state index in [0.717, 1.165) is 48.5 Å². The van der Waals surface area contributed by atoms with Crippen LogP contribution in [0.1, 0.15) is 41.6 Å². The minimum atomic E-state index is -1.36. The molecular weight excluding hydrogens is 378 g/mol. The van der Waals surface area contributed by atoms with E-state index in [4.69, 9.17) is 0 Å². The number of nitrogens with zero attached hydrogens (tertiary/aromatic N) is 2. The van der Waals surface area contributed by atoms with Crippen LogP contribution in [0.4, 0.5) is 0 Å². The summed E-state index contributed by atoms with van der Waals surface area (Å²) in [5, 5.41) is 22.5. The molecule has 3 N–H and O–H groups in total. The van der Waals surface area contributed by atoms with Crippen molar-refractivity contribution >= 4 is 28.5 Å². The van der Waals surface area contributed by atoms with Gasteiger partial charge in [-0.25, -0.2) is 9.78 Å². The number of nitrogens with one attached hydrogen (secondary N) is 1. The van der Waals surface area contributed by atoms with E-state index in [2.05, 4.69) is 21.1 Å². The average molecular weight is 401 g/mol. The Morgan fingerprint density at radius 1 is 1.38 bits per heavy atom. The molecule has 2 aromatic heterocycles. The molecule has 1 amide bonds. The summed E-state index contributed by atoms with van der Waals surface area (Å²) in [5.74, 6) is -2.38. The number of aromatic nitrogens is 2. The molecule has 1 atom stereocenters. The predicted octanol–water partition coefficient (Wildman–Crippen LogP) is 0.860. The van der Waals surface area contributed by atoms with Gasteiger partial charge in [0, 0.05) is 13.2 Å². The minimum absolute atomic E-state index is 0.232. The standard InChI is InChI=1S/C20H23N3O6/c1-23-17-13(8-12(9-21-17)11-6-4-3-5-7-11)16(25)15(19(23)27)18(26)22-14(10-24)20(28)29-2/h6,8-9,14,24-25H,3-5,7,10H2,1-2H3,(H,22,26). The number of hydrogen-bond acceptors (Lipinski definition) is 7. The molecule has 3 rings (SSSR count). The molecule has 0 spiro atoms. The second-order valence-corrected chi connectivity index (χ2v) is 6.89. The van der Waals surface area contributed by atoms with E-state index in [1.54, 1.807) is 12.3 Å². The number of amides is 1. The highest BCUT2D eigenvalue weighted by Crippen LogP contribution is 2.31. The number of allylic oxidation sites excluding steroid dienone is 2. The van der Waals surface area contributed by atoms with Crippen LogP contribution in [0.15, 0.2) is 23.1 Å². The quantitative estimate of drug-likeness (QED) is 0.633. The zero-order valence-corrected chi connectivity index (χ0v) is 16.3. The number of fused-ring (bicyclic) bond motifs is 1. The Kier molecular flexibility index (Phi) is 5.97. The van der Waals surface area contributed by atoms with Crippen molar-refractivity contribution in [2.45, 2.75) is 31.7 Å². The van der Waals surface area contributed by atoms with Gasteiger partial charge in [0.1, 0.15) is 17.0 Å². The number of pyridine rings is 2. The third-order valence-corrected chi connectivity index (χ3v) is 5.06. The number of aryl methyl sites for hydroxylation is 1. The monoisotopic (exact) mass is 401 g/mol. The Morgan fingerprint density at radius 3 is 2.76 bits per heavy atom. The van der Waals surface area contributed by atoms with Crippen molar-refractivity contribution in [3.63, 3.8) is 0 Å². The van der Waals surface area contributed by atoms with Gasteiger partial charge in [-0.3, -0.25) is 14.2 Å². The molecule has 0 saturated heterocycles. The van der Waals surface area contributed by atoms with E-state index in [9.17, 15) is 24.6 Å². The van der Waals surface area contributed by atoms with Crippen molar-refractivity contribution in [1.29, 1.82) is 0 Å². The SMILES string of the molecule is COC(=O)C(CO)NC(=O)c1c(O)c2cc(C3=CCCCC3)cnc2n(C)c1=O. The van der Waals surface area contributed by atoms with Gasteiger partial charge in [-0.15, -0.1) is 0 Å². The van der Waals surface area contributed by atoms with Crippen LogP contribution in [0, 0.1) is 0 Å². The fraction of sp³-hybridized carbons (Fsp3) is 0.400. The number of aliphatic hydroxyl groups is 1. The number of hydrogen-bond donors (Lipinski definition) is 3. The number of carbonyl (C=O) groups excluding carboxylic acids is 2. The normalized spacial score (nSPS) is 14.9. The molecule has 0 aliphatic heterocycles. The maximum absolute atomic E-state index is 12.7. The van der Waals surface area contributed by atoms with Gasteiger partial charge < -0.3 is 20.3 Å². The van der Waals surface area contributed by atoms with Crippen molar-refractivity contribution in [3.8, 4) is 5.75 Å². The van der Waals surface area contributed by atoms with Crippen molar-refractivity contribution in [1.82, 2.24) is 14.9 Å². The van der Waals surface area contributed by atoms with Crippen LogP contribution >= 0.6 is 0 Å². The van der Waals surface area contributed by atoms with E-state index in [1.165, 1.54) is 7.05 Å². The van der Waals surface area contributed by atoms with Gasteiger partial charge in [0.15, 0.2) is 6.04 Å². The molecule has 1 aliphatic rings. The van der Waals surface area contributed by atoms with Gasteiger partial charge in [-0.05, 0) is 42.9 Å². The average Bonchev–Trinajstić information content (AvgIpc) is 2.75. The number of carbonyl (C=O) groups is 2. The van der Waals surface area contributed by atoms with E-state index < -0.39 is 41.4 Å². The predicted molar refractivity (Wildman–Crippen MR) is 105 cm³/mol. The maximum atomic E-state index is 12.7. The summed E-state index contributed by atoms with van der Waals surface area (Å²) in [6.45, 7) is -0.715. The Balaban J connectivity index is 2.09. The first-order valence-electron chi connectivity index (χ1n) is 9.29. The summed E-state index contributed by atoms with van der Waals surface area (Å²) in [4.78, 5) is 41.2. The van der Waals surface area contributed by atoms with Gasteiger partial charge in [0.05, 0.1) is 19.1 Å². The molecule has 29 heavy (non-hydrogen) atoms. The number of aromatic hydroxyl groups is 1. The Hall–Kier alpha value is -3.20. The van der Waals surface area contributed by atoms with Crippen LogP contribution in [0.5, 0.6) is 5.75 Å². The van der Waals surface area contributed by atoms with Gasteiger partial charge in [-0.2, -0.15) is 0 Å². The number of aliphatic hydroxyl groups excluding tert-OH is 1. The lowest BCUT2D eigenvalue weighted by atomic mass is 9.94. The number of ether oxygens (including phenoxy) is 1. The van der Waals surface area contributed by atoms with E-state index in [-0.39, 0.29) is 11.0 Å². The van der Waals surface area contributed by atoms with Crippen molar-refractivity contribution in [3.05, 3.63) is 39.8 Å². The van der Waals surface area contributed by atoms with Crippen LogP contribution in [0.3, 0.4) is 0 Å². The van der Waals surface area contributed by atoms with Crippen molar-refractivity contribution in [2.75, 3.05) is 13.7 Å². The summed E-state index contributed by atoms with van der Waals surface area (Å²) in [5.41, 5.74) is 0.859. The largest absolute Gasteiger partial charge is 0.506 e. The molecule has 1 aliphatic carbocycles. The highest BCUT2D eigenvalue weighted by Gasteiger charge is 2.27. The fourth-order valence-electron chi connectivity index (χ4n) is 3.43. The summed E-state index contributed by atoms with van der Waals surface area (Å²) in [6, 6.07) is 0.346. The maximum Gasteiger partial charge on any atom is 0.330 e. The molecule has 154 valence electrons. The molecule has 0 bridgehead atoms. The molecule has 9 heteroatoms. The van der Waals surface area contributed by atoms with Gasteiger partial charge >= 0.3 is 5.97 Å². The summed E-state index contributed by atoms with van der Waals surface area (Å²) < 4.78 is 5.66. The van der Waals surface area contributed by atoms with Gasteiger partial charge in [-0.1, -0.05) is 6.08 Å². The Labute approximate surface area is 166 Å². The molecule has 2 heterocycles. The first-order valence-corrected chi connectivity index (χ1v) is 9.29. The molecular formula is C20H23N3O6. The van der Waals surface area contributed by atoms with Gasteiger partial charge in [0.25, 0.3) is 11.5 Å². The number of methoxy groups -OCH3 is 1. The molecule has 2 aromatic rings. The van der Waals surface area contributed by atoms with E-state index in [0.29, 0.717) is 0 Å². The topological polar surface area (TPSA) is 131 Å².